The fraction of sp³-hybridized carbons (Fsp3) is 0.533. The van der Waals surface area contributed by atoms with Gasteiger partial charge in [0.1, 0.15) is 57.8 Å². The van der Waals surface area contributed by atoms with Crippen LogP contribution in [0.15, 0.2) is 97.1 Å². The van der Waals surface area contributed by atoms with Crippen LogP contribution < -0.4 is 36.6 Å². The first-order chi connectivity index (χ1) is 53.9. The van der Waals surface area contributed by atoms with Crippen LogP contribution in [-0.4, -0.2) is 11.9 Å². The van der Waals surface area contributed by atoms with E-state index in [9.17, 15) is 9.59 Å². The molecule has 12 rings (SSSR count). The van der Waals surface area contributed by atoms with Crippen molar-refractivity contribution in [1.29, 1.82) is 0 Å². The quantitative estimate of drug-likeness (QED) is 0.0907. The summed E-state index contributed by atoms with van der Waals surface area (Å²) in [4.78, 5) is 27.8. The Bertz CT molecular complexity index is 5090. The van der Waals surface area contributed by atoms with Gasteiger partial charge in [0, 0.05) is 68.0 Å². The van der Waals surface area contributed by atoms with Crippen LogP contribution in [0.5, 0.6) is 46.0 Å². The molecule has 0 bridgehead atoms. The number of fused-ring (bicyclic) bond motifs is 6. The molecule has 8 aromatic carbocycles. The molecule has 0 aliphatic carbocycles. The smallest absolute Gasteiger partial charge is 0.425 e. The summed E-state index contributed by atoms with van der Waals surface area (Å²) < 4.78 is 55.1. The van der Waals surface area contributed by atoms with Crippen molar-refractivity contribution in [1.82, 2.24) is 0 Å². The van der Waals surface area contributed by atoms with Gasteiger partial charge in [0.15, 0.2) is 0 Å². The molecule has 0 N–H and O–H groups in total. The van der Waals surface area contributed by atoms with Gasteiger partial charge >= 0.3 is 29.1 Å². The van der Waals surface area contributed by atoms with E-state index in [1.54, 1.807) is 0 Å². The molecule has 0 aromatic heterocycles. The van der Waals surface area contributed by atoms with Crippen LogP contribution in [0.4, 0.5) is 0 Å². The Morgan fingerprint density at radius 1 is 0.269 bits per heavy atom. The van der Waals surface area contributed by atoms with Crippen molar-refractivity contribution >= 4 is 29.1 Å². The molecular formula is C107H144O10P2. The molecule has 0 amide bonds. The predicted octanol–water partition coefficient (Wildman–Crippen LogP) is 30.2. The first-order valence-electron chi connectivity index (χ1n) is 43.4. The lowest BCUT2D eigenvalue weighted by molar-refractivity contribution is -0.134. The molecule has 4 heterocycles. The Balaban J connectivity index is 0.000000233. The lowest BCUT2D eigenvalue weighted by atomic mass is 9.74. The highest BCUT2D eigenvalue weighted by Crippen LogP contribution is 2.60. The minimum Gasteiger partial charge on any atom is -0.425 e. The van der Waals surface area contributed by atoms with Crippen molar-refractivity contribution in [2.75, 3.05) is 0 Å². The van der Waals surface area contributed by atoms with Crippen molar-refractivity contribution in [2.24, 2.45) is 0 Å². The minimum atomic E-state index is -2.02. The Morgan fingerprint density at radius 3 is 0.714 bits per heavy atom. The number of carbonyl (C=O) groups is 2. The molecule has 2 atom stereocenters. The van der Waals surface area contributed by atoms with Crippen LogP contribution in [-0.2, 0) is 81.0 Å². The van der Waals surface area contributed by atoms with Gasteiger partial charge < -0.3 is 36.6 Å². The van der Waals surface area contributed by atoms with E-state index in [1.165, 1.54) is 33.4 Å². The molecule has 0 saturated carbocycles. The zero-order chi connectivity index (χ0) is 89.2. The first kappa shape index (κ1) is 92.1. The van der Waals surface area contributed by atoms with Gasteiger partial charge in [-0.25, -0.2) is 0 Å². The third-order valence-electron chi connectivity index (χ3n) is 24.3. The molecule has 10 nitrogen and oxygen atoms in total. The van der Waals surface area contributed by atoms with Crippen LogP contribution in [0.1, 0.15) is 407 Å². The van der Waals surface area contributed by atoms with Gasteiger partial charge in [-0.15, -0.1) is 0 Å². The molecule has 0 radical (unpaired) electrons. The number of esters is 2. The molecule has 12 heteroatoms. The number of hydrogen-bond donors (Lipinski definition) is 0. The molecule has 4 aliphatic rings. The monoisotopic (exact) mass is 1650 g/mol. The Kier molecular flexibility index (Phi) is 24.0. The van der Waals surface area contributed by atoms with Crippen molar-refractivity contribution in [3.8, 4) is 46.0 Å². The van der Waals surface area contributed by atoms with Crippen molar-refractivity contribution in [2.45, 2.75) is 373 Å². The van der Waals surface area contributed by atoms with Crippen LogP contribution in [0.25, 0.3) is 0 Å². The second-order valence-corrected chi connectivity index (χ2v) is 49.4. The summed E-state index contributed by atoms with van der Waals surface area (Å²) in [7, 11) is -4.01. The van der Waals surface area contributed by atoms with Crippen molar-refractivity contribution < 1.29 is 46.2 Å². The van der Waals surface area contributed by atoms with Gasteiger partial charge in [-0.3, -0.25) is 9.59 Å². The van der Waals surface area contributed by atoms with E-state index in [2.05, 4.69) is 367 Å². The molecule has 642 valence electrons. The van der Waals surface area contributed by atoms with Gasteiger partial charge in [0.05, 0.1) is 0 Å². The number of hydrogen-bond acceptors (Lipinski definition) is 10. The molecule has 0 saturated heterocycles. The Hall–Kier alpha value is -7.64. The highest BCUT2D eigenvalue weighted by molar-refractivity contribution is 7.43. The molecule has 4 aliphatic heterocycles. The summed E-state index contributed by atoms with van der Waals surface area (Å²) in [5, 5.41) is 0. The molecular weight excluding hydrogens is 1510 g/mol. The largest absolute Gasteiger partial charge is 0.530 e. The highest BCUT2D eigenvalue weighted by atomic mass is 31.2. The predicted molar refractivity (Wildman–Crippen MR) is 498 cm³/mol. The summed E-state index contributed by atoms with van der Waals surface area (Å²) in [6.45, 7) is 91.2. The van der Waals surface area contributed by atoms with Gasteiger partial charge in [-0.05, 0) is 171 Å². The molecule has 0 fully saturated rings. The van der Waals surface area contributed by atoms with E-state index in [0.717, 1.165) is 123 Å². The second kappa shape index (κ2) is 31.0. The number of aryl methyl sites for hydroxylation is 4. The van der Waals surface area contributed by atoms with E-state index in [4.69, 9.17) is 36.6 Å². The van der Waals surface area contributed by atoms with Crippen molar-refractivity contribution in [3.05, 3.63) is 231 Å². The van der Waals surface area contributed by atoms with Crippen LogP contribution in [0.2, 0.25) is 0 Å². The molecule has 119 heavy (non-hydrogen) atoms. The van der Waals surface area contributed by atoms with Gasteiger partial charge in [0.2, 0.25) is 0 Å². The highest BCUT2D eigenvalue weighted by Gasteiger charge is 2.46. The standard InChI is InChI=1S/C54H73O5P.C53H71O5P/c1-30-22-33(43-39-26-36(51(10,11)12)27-40(52(13,14)15)45(39)56-48(43)55)23-31(2)44(30)57-60-58-46-37(24-34(49(4,5)6)28-41(46)53(16,17)18)32(3)38-25-35(50(7,8)9)29-42(47(38)59-60)54(19,20)21;1-30-21-32(42-38-26-37(50(9,10)11)29-41(53(18,19)20)46(38)55-47(42)54)22-31(2)43(30)56-59-57-44-33(24-35(48(3,4)5)27-39(44)51(12,13)14)23-34-25-36(49(6,7)8)28-40(45(34)58-59)52(15,16)17/h22-29,32,43H,1-21H3;21-22,24-29,42H,23H2,1-20H3. The van der Waals surface area contributed by atoms with Gasteiger partial charge in [-0.2, -0.15) is 0 Å². The fourth-order valence-corrected chi connectivity index (χ4v) is 19.2. The summed E-state index contributed by atoms with van der Waals surface area (Å²) in [5.41, 5.74) is 24.2. The van der Waals surface area contributed by atoms with E-state index >= 15 is 0 Å². The second-order valence-electron chi connectivity index (χ2n) is 47.4. The van der Waals surface area contributed by atoms with Crippen LogP contribution in [0.3, 0.4) is 0 Å². The third-order valence-corrected chi connectivity index (χ3v) is 26.3. The number of benzene rings is 8. The summed E-state index contributed by atoms with van der Waals surface area (Å²) in [6.07, 6.45) is 0.674. The van der Waals surface area contributed by atoms with Crippen LogP contribution >= 0.6 is 17.2 Å². The van der Waals surface area contributed by atoms with Gasteiger partial charge in [0.25, 0.3) is 0 Å². The van der Waals surface area contributed by atoms with E-state index in [1.807, 2.05) is 13.8 Å². The lowest BCUT2D eigenvalue weighted by Gasteiger charge is -2.36. The first-order valence-corrected chi connectivity index (χ1v) is 45.6. The SMILES string of the molecule is Cc1cc(C2C(=O)Oc3c2cc(C(C)(C)C)cc3C(C)(C)C)cc(C)c1OP1Oc2c(cc(C(C)(C)C)cc2C(C)(C)C)C(C)c2cc(C(C)(C)C)cc(C(C)(C)C)c2O1.Cc1cc(C2C(=O)Oc3c2cc(C(C)(C)C)cc3C(C)(C)C)cc(C)c1OP1Oc2c(cc(C(C)(C)C)cc2C(C)(C)C)Cc2cc(C(C)(C)C)cc(C(C)(C)C)c2O1. The number of ether oxygens (including phenoxy) is 2. The Morgan fingerprint density at radius 2 is 0.479 bits per heavy atom. The zero-order valence-electron chi connectivity index (χ0n) is 80.7. The normalized spacial score (nSPS) is 17.7. The Labute approximate surface area is 720 Å². The zero-order valence-corrected chi connectivity index (χ0v) is 82.4. The number of carbonyl (C=O) groups excluding carboxylic acids is 2. The summed E-state index contributed by atoms with van der Waals surface area (Å²) >= 11 is 0. The maximum Gasteiger partial charge on any atom is 0.530 e. The van der Waals surface area contributed by atoms with E-state index < -0.39 is 29.0 Å². The lowest BCUT2D eigenvalue weighted by Crippen LogP contribution is -2.23. The summed E-state index contributed by atoms with van der Waals surface area (Å²) in [5.74, 6) is 4.51. The maximum atomic E-state index is 13.9. The average molecular weight is 1650 g/mol. The minimum absolute atomic E-state index is 0.0200. The maximum absolute atomic E-state index is 13.9. The molecule has 2 unspecified atom stereocenters. The van der Waals surface area contributed by atoms with Gasteiger partial charge in [-0.1, -0.05) is 353 Å². The van der Waals surface area contributed by atoms with E-state index in [0.29, 0.717) is 29.4 Å². The number of rotatable bonds is 6. The molecule has 0 spiro atoms. The van der Waals surface area contributed by atoms with E-state index in [-0.39, 0.29) is 82.8 Å². The topological polar surface area (TPSA) is 108 Å². The molecule has 8 aromatic rings. The average Bonchev–Trinajstić information content (AvgIpc) is 1.70. The fourth-order valence-electron chi connectivity index (χ4n) is 16.6. The third kappa shape index (κ3) is 19.1. The van der Waals surface area contributed by atoms with Crippen LogP contribution in [0, 0.1) is 27.7 Å². The summed E-state index contributed by atoms with van der Waals surface area (Å²) in [6, 6.07) is 35.8. The van der Waals surface area contributed by atoms with Crippen molar-refractivity contribution in [3.63, 3.8) is 0 Å².